The number of halogens is 1. The number of benzene rings is 1. The van der Waals surface area contributed by atoms with Crippen LogP contribution >= 0.6 is 11.6 Å². The van der Waals surface area contributed by atoms with E-state index in [1.165, 1.54) is 0 Å². The number of ether oxygens (including phenoxy) is 2. The number of hydrogen-bond acceptors (Lipinski definition) is 3. The summed E-state index contributed by atoms with van der Waals surface area (Å²) >= 11 is 5.25. The van der Waals surface area contributed by atoms with Crippen LogP contribution in [-0.4, -0.2) is 12.0 Å². The van der Waals surface area contributed by atoms with Gasteiger partial charge in [0.2, 0.25) is 12.0 Å². The molecule has 1 aromatic rings. The molecular weight excluding hydrogens is 204 g/mol. The molecule has 0 spiro atoms. The van der Waals surface area contributed by atoms with Gasteiger partial charge in [-0.1, -0.05) is 6.07 Å². The molecule has 0 N–H and O–H groups in total. The number of carbonyl (C=O) groups excluding carboxylic acids is 1. The molecule has 1 aromatic carbocycles. The first-order valence-electron chi connectivity index (χ1n) is 4.32. The minimum Gasteiger partial charge on any atom is -0.454 e. The van der Waals surface area contributed by atoms with E-state index in [0.717, 1.165) is 17.1 Å². The average Bonchev–Trinajstić information content (AvgIpc) is 2.61. The van der Waals surface area contributed by atoms with Crippen LogP contribution in [0.2, 0.25) is 0 Å². The first kappa shape index (κ1) is 9.34. The van der Waals surface area contributed by atoms with Gasteiger partial charge in [-0.25, -0.2) is 0 Å². The van der Waals surface area contributed by atoms with Crippen LogP contribution in [0.5, 0.6) is 11.5 Å². The normalized spacial score (nSPS) is 12.9. The maximum Gasteiger partial charge on any atom is 0.231 e. The lowest BCUT2D eigenvalue weighted by Gasteiger charge is -2.00. The van der Waals surface area contributed by atoms with Crippen molar-refractivity contribution in [2.24, 2.45) is 0 Å². The molecular formula is C10H9ClO3. The zero-order valence-electron chi connectivity index (χ0n) is 7.46. The van der Waals surface area contributed by atoms with Gasteiger partial charge in [0.1, 0.15) is 0 Å². The summed E-state index contributed by atoms with van der Waals surface area (Å²) in [6.07, 6.45) is 0.986. The molecule has 0 unspecified atom stereocenters. The van der Waals surface area contributed by atoms with Crippen LogP contribution in [0.15, 0.2) is 18.2 Å². The Labute approximate surface area is 86.6 Å². The maximum absolute atomic E-state index is 10.6. The highest BCUT2D eigenvalue weighted by atomic mass is 35.5. The highest BCUT2D eigenvalue weighted by Crippen LogP contribution is 2.32. The second kappa shape index (κ2) is 3.88. The minimum atomic E-state index is -0.317. The smallest absolute Gasteiger partial charge is 0.231 e. The number of aryl methyl sites for hydroxylation is 1. The highest BCUT2D eigenvalue weighted by molar-refractivity contribution is 6.63. The second-order valence-electron chi connectivity index (χ2n) is 3.04. The molecule has 0 bridgehead atoms. The first-order valence-corrected chi connectivity index (χ1v) is 4.70. The minimum absolute atomic E-state index is 0.271. The van der Waals surface area contributed by atoms with E-state index in [1.807, 2.05) is 18.2 Å². The number of carbonyl (C=O) groups is 1. The van der Waals surface area contributed by atoms with E-state index < -0.39 is 0 Å². The summed E-state index contributed by atoms with van der Waals surface area (Å²) in [7, 11) is 0. The zero-order valence-corrected chi connectivity index (χ0v) is 8.21. The first-order chi connectivity index (χ1) is 6.75. The van der Waals surface area contributed by atoms with Crippen molar-refractivity contribution in [1.29, 1.82) is 0 Å². The third kappa shape index (κ3) is 1.99. The fourth-order valence-corrected chi connectivity index (χ4v) is 1.43. The fourth-order valence-electron chi connectivity index (χ4n) is 1.34. The predicted octanol–water partition coefficient (Wildman–Crippen LogP) is 2.11. The van der Waals surface area contributed by atoms with Gasteiger partial charge in [-0.2, -0.15) is 0 Å². The van der Waals surface area contributed by atoms with Crippen molar-refractivity contribution in [3.63, 3.8) is 0 Å². The van der Waals surface area contributed by atoms with Crippen LogP contribution in [0.25, 0.3) is 0 Å². The van der Waals surface area contributed by atoms with Crippen LogP contribution in [-0.2, 0) is 11.2 Å². The van der Waals surface area contributed by atoms with E-state index in [-0.39, 0.29) is 12.0 Å². The second-order valence-corrected chi connectivity index (χ2v) is 3.46. The Balaban J connectivity index is 2.09. The third-order valence-corrected chi connectivity index (χ3v) is 2.24. The van der Waals surface area contributed by atoms with Crippen LogP contribution < -0.4 is 9.47 Å². The number of rotatable bonds is 3. The molecule has 1 aliphatic rings. The predicted molar refractivity (Wildman–Crippen MR) is 51.7 cm³/mol. The molecule has 0 saturated carbocycles. The van der Waals surface area contributed by atoms with Crippen molar-refractivity contribution >= 4 is 16.8 Å². The van der Waals surface area contributed by atoms with Crippen molar-refractivity contribution in [2.45, 2.75) is 12.8 Å². The average molecular weight is 213 g/mol. The quantitative estimate of drug-likeness (QED) is 0.720. The summed E-state index contributed by atoms with van der Waals surface area (Å²) in [4.78, 5) is 10.6. The van der Waals surface area contributed by atoms with E-state index in [1.54, 1.807) is 0 Å². The molecule has 0 fully saturated rings. The standard InChI is InChI=1S/C10H9ClO3/c11-10(12)4-2-7-1-3-8-9(5-7)14-6-13-8/h1,3,5H,2,4,6H2. The van der Waals surface area contributed by atoms with Crippen molar-refractivity contribution in [3.05, 3.63) is 23.8 Å². The van der Waals surface area contributed by atoms with Crippen LogP contribution in [0.3, 0.4) is 0 Å². The summed E-state index contributed by atoms with van der Waals surface area (Å²) in [6, 6.07) is 5.63. The monoisotopic (exact) mass is 212 g/mol. The topological polar surface area (TPSA) is 35.5 Å². The molecule has 0 radical (unpaired) electrons. The number of fused-ring (bicyclic) bond motifs is 1. The molecule has 1 heterocycles. The van der Waals surface area contributed by atoms with Gasteiger partial charge in [0, 0.05) is 6.42 Å². The van der Waals surface area contributed by atoms with E-state index >= 15 is 0 Å². The summed E-state index contributed by atoms with van der Waals surface area (Å²) in [5.74, 6) is 1.50. The van der Waals surface area contributed by atoms with Gasteiger partial charge in [0.05, 0.1) is 0 Å². The molecule has 0 aromatic heterocycles. The summed E-state index contributed by atoms with van der Waals surface area (Å²) in [5.41, 5.74) is 1.03. The molecule has 74 valence electrons. The SMILES string of the molecule is O=C(Cl)CCc1ccc2c(c1)OCO2. The van der Waals surface area contributed by atoms with Crippen LogP contribution in [0.1, 0.15) is 12.0 Å². The van der Waals surface area contributed by atoms with Crippen molar-refractivity contribution < 1.29 is 14.3 Å². The van der Waals surface area contributed by atoms with Gasteiger partial charge in [-0.15, -0.1) is 0 Å². The van der Waals surface area contributed by atoms with E-state index in [9.17, 15) is 4.79 Å². The third-order valence-electron chi connectivity index (χ3n) is 2.05. The van der Waals surface area contributed by atoms with Crippen LogP contribution in [0.4, 0.5) is 0 Å². The lowest BCUT2D eigenvalue weighted by molar-refractivity contribution is -0.111. The lowest BCUT2D eigenvalue weighted by Crippen LogP contribution is -1.93. The van der Waals surface area contributed by atoms with Gasteiger partial charge < -0.3 is 9.47 Å². The lowest BCUT2D eigenvalue weighted by atomic mass is 10.1. The van der Waals surface area contributed by atoms with Crippen LogP contribution in [0, 0.1) is 0 Å². The molecule has 3 nitrogen and oxygen atoms in total. The van der Waals surface area contributed by atoms with Crippen molar-refractivity contribution in [2.75, 3.05) is 6.79 Å². The Kier molecular flexibility index (Phi) is 2.59. The van der Waals surface area contributed by atoms with Gasteiger partial charge in [-0.05, 0) is 35.7 Å². The van der Waals surface area contributed by atoms with Gasteiger partial charge in [-0.3, -0.25) is 4.79 Å². The zero-order chi connectivity index (χ0) is 9.97. The largest absolute Gasteiger partial charge is 0.454 e. The van der Waals surface area contributed by atoms with Gasteiger partial charge in [0.25, 0.3) is 0 Å². The molecule has 0 saturated heterocycles. The van der Waals surface area contributed by atoms with Crippen molar-refractivity contribution in [3.8, 4) is 11.5 Å². The van der Waals surface area contributed by atoms with E-state index in [0.29, 0.717) is 12.8 Å². The molecule has 4 heteroatoms. The molecule has 0 atom stereocenters. The molecule has 0 aliphatic carbocycles. The highest BCUT2D eigenvalue weighted by Gasteiger charge is 2.13. The summed E-state index contributed by atoms with van der Waals surface area (Å²) < 4.78 is 10.4. The Morgan fingerprint density at radius 1 is 1.36 bits per heavy atom. The summed E-state index contributed by atoms with van der Waals surface area (Å²) in [6.45, 7) is 0.271. The Hall–Kier alpha value is -1.22. The number of hydrogen-bond donors (Lipinski definition) is 0. The Bertz CT molecular complexity index is 362. The van der Waals surface area contributed by atoms with Crippen molar-refractivity contribution in [1.82, 2.24) is 0 Å². The molecule has 0 amide bonds. The van der Waals surface area contributed by atoms with Gasteiger partial charge in [0.15, 0.2) is 11.5 Å². The summed E-state index contributed by atoms with van der Waals surface area (Å²) in [5, 5.41) is -0.317. The Morgan fingerprint density at radius 2 is 2.14 bits per heavy atom. The Morgan fingerprint density at radius 3 is 2.93 bits per heavy atom. The van der Waals surface area contributed by atoms with Gasteiger partial charge >= 0.3 is 0 Å². The maximum atomic E-state index is 10.6. The molecule has 14 heavy (non-hydrogen) atoms. The molecule has 2 rings (SSSR count). The fraction of sp³-hybridized carbons (Fsp3) is 0.300. The van der Waals surface area contributed by atoms with E-state index in [2.05, 4.69) is 0 Å². The van der Waals surface area contributed by atoms with E-state index in [4.69, 9.17) is 21.1 Å². The molecule has 1 aliphatic heterocycles.